The number of ether oxygens (including phenoxy) is 1. The standard InChI is InChI=1S/C33H36N2O2/c1-23(31-10-4-5-19-34-31)37-28-15-12-24(13-16-28)21-33-30-17-14-27(36)22-26(30)18-20-35(33)32-11-6-8-25-7-2-3-9-29(25)32/h2-3,6-9,11-17,22-23,31,33-34,36H,4-5,10,18-21H2,1H3. The molecule has 4 aromatic rings. The maximum Gasteiger partial charge on any atom is 0.119 e. The molecule has 0 spiro atoms. The Balaban J connectivity index is 1.28. The molecule has 0 bridgehead atoms. The van der Waals surface area contributed by atoms with Crippen molar-refractivity contribution in [3.8, 4) is 11.5 Å². The van der Waals surface area contributed by atoms with Gasteiger partial charge in [-0.05, 0) is 91.6 Å². The fourth-order valence-electron chi connectivity index (χ4n) is 6.17. The second-order valence-electron chi connectivity index (χ2n) is 10.6. The van der Waals surface area contributed by atoms with E-state index in [1.807, 2.05) is 12.1 Å². The van der Waals surface area contributed by atoms with E-state index in [-0.39, 0.29) is 12.1 Å². The lowest BCUT2D eigenvalue weighted by molar-refractivity contribution is 0.152. The minimum absolute atomic E-state index is 0.158. The highest BCUT2D eigenvalue weighted by molar-refractivity contribution is 5.94. The molecule has 1 saturated heterocycles. The molecule has 0 aromatic heterocycles. The number of benzene rings is 4. The summed E-state index contributed by atoms with van der Waals surface area (Å²) in [5.74, 6) is 1.28. The van der Waals surface area contributed by atoms with E-state index >= 15 is 0 Å². The summed E-state index contributed by atoms with van der Waals surface area (Å²) in [6, 6.07) is 30.4. The van der Waals surface area contributed by atoms with Crippen LogP contribution in [0.5, 0.6) is 11.5 Å². The van der Waals surface area contributed by atoms with Crippen molar-refractivity contribution in [1.29, 1.82) is 0 Å². The van der Waals surface area contributed by atoms with Gasteiger partial charge in [0.15, 0.2) is 0 Å². The zero-order valence-electron chi connectivity index (χ0n) is 21.6. The quantitative estimate of drug-likeness (QED) is 0.311. The first-order valence-electron chi connectivity index (χ1n) is 13.7. The van der Waals surface area contributed by atoms with Crippen molar-refractivity contribution in [1.82, 2.24) is 5.32 Å². The Labute approximate surface area is 219 Å². The molecule has 2 heterocycles. The number of fused-ring (bicyclic) bond motifs is 2. The average Bonchev–Trinajstić information content (AvgIpc) is 2.94. The van der Waals surface area contributed by atoms with E-state index in [9.17, 15) is 5.11 Å². The highest BCUT2D eigenvalue weighted by Crippen LogP contribution is 2.40. The highest BCUT2D eigenvalue weighted by Gasteiger charge is 2.29. The summed E-state index contributed by atoms with van der Waals surface area (Å²) in [5.41, 5.74) is 5.10. The number of hydrogen-bond acceptors (Lipinski definition) is 4. The third-order valence-electron chi connectivity index (χ3n) is 8.15. The summed E-state index contributed by atoms with van der Waals surface area (Å²) in [6.07, 6.45) is 5.69. The molecule has 0 amide bonds. The topological polar surface area (TPSA) is 44.7 Å². The number of nitrogens with zero attached hydrogens (tertiary/aromatic N) is 1. The molecule has 2 aliphatic heterocycles. The maximum atomic E-state index is 10.2. The van der Waals surface area contributed by atoms with Gasteiger partial charge in [0.05, 0.1) is 6.04 Å². The number of nitrogens with one attached hydrogen (secondary N) is 1. The zero-order valence-corrected chi connectivity index (χ0v) is 21.6. The van der Waals surface area contributed by atoms with Crippen molar-refractivity contribution in [3.63, 3.8) is 0 Å². The Hall–Kier alpha value is -3.50. The monoisotopic (exact) mass is 492 g/mol. The average molecular weight is 493 g/mol. The van der Waals surface area contributed by atoms with Gasteiger partial charge >= 0.3 is 0 Å². The summed E-state index contributed by atoms with van der Waals surface area (Å²) in [6.45, 7) is 4.18. The molecule has 2 N–H and O–H groups in total. The van der Waals surface area contributed by atoms with Gasteiger partial charge in [-0.15, -0.1) is 0 Å². The van der Waals surface area contributed by atoms with Crippen LogP contribution in [0.2, 0.25) is 0 Å². The molecule has 190 valence electrons. The third-order valence-corrected chi connectivity index (χ3v) is 8.15. The van der Waals surface area contributed by atoms with Crippen LogP contribution < -0.4 is 15.0 Å². The molecule has 0 saturated carbocycles. The maximum absolute atomic E-state index is 10.2. The Morgan fingerprint density at radius 3 is 2.65 bits per heavy atom. The molecule has 4 aromatic carbocycles. The van der Waals surface area contributed by atoms with Crippen molar-refractivity contribution in [2.24, 2.45) is 0 Å². The minimum atomic E-state index is 0.158. The van der Waals surface area contributed by atoms with Crippen molar-refractivity contribution >= 4 is 16.5 Å². The summed E-state index contributed by atoms with van der Waals surface area (Å²) >= 11 is 0. The first-order valence-corrected chi connectivity index (χ1v) is 13.7. The first-order chi connectivity index (χ1) is 18.2. The Kier molecular flexibility index (Phi) is 6.75. The van der Waals surface area contributed by atoms with Crippen LogP contribution in [0.25, 0.3) is 10.8 Å². The second-order valence-corrected chi connectivity index (χ2v) is 10.6. The lowest BCUT2D eigenvalue weighted by Gasteiger charge is -2.40. The molecule has 4 heteroatoms. The van der Waals surface area contributed by atoms with E-state index in [2.05, 4.69) is 89.9 Å². The molecular weight excluding hydrogens is 456 g/mol. The van der Waals surface area contributed by atoms with Gasteiger partial charge in [-0.2, -0.15) is 0 Å². The van der Waals surface area contributed by atoms with E-state index in [1.165, 1.54) is 52.4 Å². The van der Waals surface area contributed by atoms with E-state index in [0.29, 0.717) is 11.8 Å². The van der Waals surface area contributed by atoms with E-state index in [0.717, 1.165) is 31.7 Å². The Bertz CT molecular complexity index is 1360. The van der Waals surface area contributed by atoms with Crippen molar-refractivity contribution in [2.75, 3.05) is 18.0 Å². The number of piperidine rings is 1. The Morgan fingerprint density at radius 1 is 0.973 bits per heavy atom. The van der Waals surface area contributed by atoms with Crippen LogP contribution in [0.4, 0.5) is 5.69 Å². The van der Waals surface area contributed by atoms with E-state index < -0.39 is 0 Å². The third kappa shape index (κ3) is 5.03. The van der Waals surface area contributed by atoms with Crippen LogP contribution in [0.1, 0.15) is 48.9 Å². The van der Waals surface area contributed by atoms with Crippen LogP contribution in [-0.4, -0.2) is 30.3 Å². The summed E-state index contributed by atoms with van der Waals surface area (Å²) in [7, 11) is 0. The van der Waals surface area contributed by atoms with Gasteiger partial charge in [-0.3, -0.25) is 0 Å². The molecule has 0 radical (unpaired) electrons. The number of aromatic hydroxyl groups is 1. The number of phenols is 1. The SMILES string of the molecule is CC(Oc1ccc(CC2c3ccc(O)cc3CCN2c2cccc3ccccc23)cc1)C1CCCCN1. The van der Waals surface area contributed by atoms with Crippen LogP contribution in [-0.2, 0) is 12.8 Å². The summed E-state index contributed by atoms with van der Waals surface area (Å²) in [5, 5.41) is 16.3. The predicted molar refractivity (Wildman–Crippen MR) is 152 cm³/mol. The smallest absolute Gasteiger partial charge is 0.119 e. The van der Waals surface area contributed by atoms with Crippen LogP contribution in [0.15, 0.2) is 84.9 Å². The summed E-state index contributed by atoms with van der Waals surface area (Å²) in [4.78, 5) is 2.56. The van der Waals surface area contributed by atoms with Crippen LogP contribution >= 0.6 is 0 Å². The molecule has 0 aliphatic carbocycles. The van der Waals surface area contributed by atoms with Gasteiger partial charge in [-0.25, -0.2) is 0 Å². The first kappa shape index (κ1) is 23.9. The molecular formula is C33H36N2O2. The van der Waals surface area contributed by atoms with Gasteiger partial charge < -0.3 is 20.1 Å². The molecule has 6 rings (SSSR count). The van der Waals surface area contributed by atoms with Crippen LogP contribution in [0.3, 0.4) is 0 Å². The largest absolute Gasteiger partial charge is 0.508 e. The normalized spacial score (nSPS) is 20.4. The predicted octanol–water partition coefficient (Wildman–Crippen LogP) is 6.80. The molecule has 2 aliphatic rings. The van der Waals surface area contributed by atoms with Crippen molar-refractivity contribution in [2.45, 2.75) is 57.2 Å². The molecule has 4 nitrogen and oxygen atoms in total. The lowest BCUT2D eigenvalue weighted by atomic mass is 9.87. The molecule has 1 fully saturated rings. The number of rotatable bonds is 6. The highest BCUT2D eigenvalue weighted by atomic mass is 16.5. The van der Waals surface area contributed by atoms with Gasteiger partial charge in [0.1, 0.15) is 17.6 Å². The van der Waals surface area contributed by atoms with E-state index in [1.54, 1.807) is 0 Å². The van der Waals surface area contributed by atoms with Gasteiger partial charge in [0.2, 0.25) is 0 Å². The summed E-state index contributed by atoms with van der Waals surface area (Å²) < 4.78 is 6.31. The molecule has 37 heavy (non-hydrogen) atoms. The fourth-order valence-corrected chi connectivity index (χ4v) is 6.17. The van der Waals surface area contributed by atoms with Crippen molar-refractivity contribution in [3.05, 3.63) is 102 Å². The van der Waals surface area contributed by atoms with E-state index in [4.69, 9.17) is 4.74 Å². The Morgan fingerprint density at radius 2 is 1.81 bits per heavy atom. The molecule has 3 unspecified atom stereocenters. The number of hydrogen-bond donors (Lipinski definition) is 2. The number of phenolic OH excluding ortho intramolecular Hbond substituents is 1. The zero-order chi connectivity index (χ0) is 25.2. The van der Waals surface area contributed by atoms with Gasteiger partial charge in [0, 0.05) is 23.7 Å². The second kappa shape index (κ2) is 10.5. The molecule has 3 atom stereocenters. The fraction of sp³-hybridized carbons (Fsp3) is 0.333. The van der Waals surface area contributed by atoms with Gasteiger partial charge in [0.25, 0.3) is 0 Å². The van der Waals surface area contributed by atoms with Gasteiger partial charge in [-0.1, -0.05) is 61.0 Å². The lowest BCUT2D eigenvalue weighted by Crippen LogP contribution is -2.44. The number of anilines is 1. The van der Waals surface area contributed by atoms with Crippen LogP contribution in [0, 0.1) is 0 Å². The van der Waals surface area contributed by atoms with Crippen molar-refractivity contribution < 1.29 is 9.84 Å². The minimum Gasteiger partial charge on any atom is -0.508 e.